The number of benzene rings is 1. The lowest BCUT2D eigenvalue weighted by Crippen LogP contribution is -2.41. The van der Waals surface area contributed by atoms with Gasteiger partial charge in [-0.05, 0) is 49.6 Å². The van der Waals surface area contributed by atoms with Crippen LogP contribution in [0, 0.1) is 18.3 Å². The maximum Gasteiger partial charge on any atom is 0.270 e. The van der Waals surface area contributed by atoms with E-state index in [2.05, 4.69) is 11.0 Å². The first kappa shape index (κ1) is 27.7. The van der Waals surface area contributed by atoms with Crippen LogP contribution in [0.4, 0.5) is 5.82 Å². The molecule has 1 aromatic heterocycles. The van der Waals surface area contributed by atoms with Crippen LogP contribution in [0.3, 0.4) is 0 Å². The minimum atomic E-state index is -0.325. The number of nitrogens with zero attached hydrogens (tertiary/aromatic N) is 4. The molecule has 0 aliphatic carbocycles. The number of carbonyl (C=O) groups is 1. The summed E-state index contributed by atoms with van der Waals surface area (Å²) < 4.78 is 18.3. The highest BCUT2D eigenvalue weighted by atomic mass is 32.2. The van der Waals surface area contributed by atoms with Gasteiger partial charge in [0.15, 0.2) is 11.5 Å². The van der Waals surface area contributed by atoms with Crippen molar-refractivity contribution in [2.24, 2.45) is 0 Å². The number of amides is 1. The fourth-order valence-electron chi connectivity index (χ4n) is 4.65. The molecule has 0 N–H and O–H groups in total. The Hall–Kier alpha value is -3.33. The van der Waals surface area contributed by atoms with Crippen LogP contribution in [0.5, 0.6) is 11.5 Å². The van der Waals surface area contributed by atoms with Crippen molar-refractivity contribution in [1.29, 1.82) is 5.26 Å². The van der Waals surface area contributed by atoms with E-state index in [0.29, 0.717) is 83.5 Å². The van der Waals surface area contributed by atoms with Crippen LogP contribution < -0.4 is 19.9 Å². The Kier molecular flexibility index (Phi) is 8.76. The molecule has 0 atom stereocenters. The van der Waals surface area contributed by atoms with Crippen molar-refractivity contribution in [1.82, 2.24) is 9.47 Å². The van der Waals surface area contributed by atoms with E-state index in [0.717, 1.165) is 5.56 Å². The van der Waals surface area contributed by atoms with E-state index in [9.17, 15) is 14.9 Å². The molecule has 11 heteroatoms. The van der Waals surface area contributed by atoms with Crippen LogP contribution in [0.15, 0.2) is 27.9 Å². The number of hydrogen-bond acceptors (Lipinski definition) is 9. The number of rotatable bonds is 8. The Balaban J connectivity index is 1.68. The molecule has 1 aromatic carbocycles. The van der Waals surface area contributed by atoms with Gasteiger partial charge in [-0.15, -0.1) is 0 Å². The summed E-state index contributed by atoms with van der Waals surface area (Å²) in [5.74, 6) is 1.77. The number of morpholine rings is 1. The van der Waals surface area contributed by atoms with Gasteiger partial charge in [-0.2, -0.15) is 5.26 Å². The minimum Gasteiger partial charge on any atom is -0.493 e. The average Bonchev–Trinajstić information content (AvgIpc) is 3.20. The number of hydrogen-bond donors (Lipinski definition) is 0. The largest absolute Gasteiger partial charge is 0.493 e. The molecule has 2 fully saturated rings. The number of carbonyl (C=O) groups excluding carboxylic acids is 1. The zero-order valence-corrected chi connectivity index (χ0v) is 23.5. The van der Waals surface area contributed by atoms with Gasteiger partial charge in [0.2, 0.25) is 0 Å². The molecule has 200 valence electrons. The molecular weight excluding hydrogens is 524 g/mol. The Morgan fingerprint density at radius 1 is 1.18 bits per heavy atom. The number of nitriles is 1. The molecule has 2 saturated heterocycles. The number of anilines is 1. The van der Waals surface area contributed by atoms with Crippen molar-refractivity contribution in [3.8, 4) is 17.6 Å². The quantitative estimate of drug-likeness (QED) is 0.360. The highest BCUT2D eigenvalue weighted by molar-refractivity contribution is 8.26. The fourth-order valence-corrected chi connectivity index (χ4v) is 5.94. The highest BCUT2D eigenvalue weighted by Gasteiger charge is 2.33. The monoisotopic (exact) mass is 554 g/mol. The SMILES string of the molecule is CCn1c(N2CCOCC2)c(C=C2SC(=S)N(CCc3ccc(OC)c(OC)c3)C2=O)c(C)c(C#N)c1=O. The third-order valence-corrected chi connectivity index (χ3v) is 8.07. The van der Waals surface area contributed by atoms with Crippen molar-refractivity contribution in [2.45, 2.75) is 26.8 Å². The molecule has 1 amide bonds. The second kappa shape index (κ2) is 12.0. The molecule has 38 heavy (non-hydrogen) atoms. The molecule has 0 spiro atoms. The van der Waals surface area contributed by atoms with Gasteiger partial charge < -0.3 is 19.1 Å². The Morgan fingerprint density at radius 2 is 1.89 bits per heavy atom. The summed E-state index contributed by atoms with van der Waals surface area (Å²) in [6, 6.07) is 7.73. The van der Waals surface area contributed by atoms with E-state index in [1.54, 1.807) is 36.7 Å². The average molecular weight is 555 g/mol. The molecule has 3 heterocycles. The number of ether oxygens (including phenoxy) is 3. The maximum absolute atomic E-state index is 13.5. The summed E-state index contributed by atoms with van der Waals surface area (Å²) in [5.41, 5.74) is 1.98. The molecule has 0 saturated carbocycles. The first-order valence-corrected chi connectivity index (χ1v) is 13.5. The zero-order valence-electron chi connectivity index (χ0n) is 21.9. The van der Waals surface area contributed by atoms with E-state index in [4.69, 9.17) is 26.4 Å². The lowest BCUT2D eigenvalue weighted by molar-refractivity contribution is -0.122. The molecule has 2 aliphatic rings. The van der Waals surface area contributed by atoms with Crippen molar-refractivity contribution in [2.75, 3.05) is 52.0 Å². The molecule has 0 radical (unpaired) electrons. The Labute approximate surface area is 231 Å². The zero-order chi connectivity index (χ0) is 27.4. The smallest absolute Gasteiger partial charge is 0.270 e. The van der Waals surface area contributed by atoms with E-state index in [-0.39, 0.29) is 17.0 Å². The second-order valence-corrected chi connectivity index (χ2v) is 10.4. The fraction of sp³-hybridized carbons (Fsp3) is 0.407. The third-order valence-electron chi connectivity index (χ3n) is 6.69. The number of thioether (sulfide) groups is 1. The predicted molar refractivity (Wildman–Crippen MR) is 152 cm³/mol. The second-order valence-electron chi connectivity index (χ2n) is 8.77. The number of pyridine rings is 1. The molecule has 9 nitrogen and oxygen atoms in total. The topological polar surface area (TPSA) is 97.0 Å². The van der Waals surface area contributed by atoms with Gasteiger partial charge in [-0.25, -0.2) is 0 Å². The highest BCUT2D eigenvalue weighted by Crippen LogP contribution is 2.36. The normalized spacial score (nSPS) is 16.8. The maximum atomic E-state index is 13.5. The molecule has 2 aromatic rings. The summed E-state index contributed by atoms with van der Waals surface area (Å²) in [6.45, 7) is 6.73. The van der Waals surface area contributed by atoms with Crippen LogP contribution in [0.1, 0.15) is 29.2 Å². The molecule has 4 rings (SSSR count). The van der Waals surface area contributed by atoms with Crippen LogP contribution >= 0.6 is 24.0 Å². The van der Waals surface area contributed by atoms with Crippen molar-refractivity contribution in [3.05, 3.63) is 55.7 Å². The summed E-state index contributed by atoms with van der Waals surface area (Å²) >= 11 is 6.80. The van der Waals surface area contributed by atoms with Crippen LogP contribution in [0.25, 0.3) is 6.08 Å². The van der Waals surface area contributed by atoms with Crippen molar-refractivity contribution >= 4 is 46.1 Å². The number of thiocarbonyl (C=S) groups is 1. The van der Waals surface area contributed by atoms with Crippen LogP contribution in [-0.4, -0.2) is 66.8 Å². The molecule has 0 unspecified atom stereocenters. The first-order valence-electron chi connectivity index (χ1n) is 12.3. The standard InChI is InChI=1S/C27H30N4O5S2/c1-5-30-24(29-10-12-36-13-11-29)19(17(2)20(16-28)25(30)32)15-23-26(33)31(27(37)38-23)9-8-18-6-7-21(34-3)22(14-18)35-4/h6-7,14-15H,5,8-13H2,1-4H3. The lowest BCUT2D eigenvalue weighted by Gasteiger charge is -2.33. The molecule has 2 aliphatic heterocycles. The van der Waals surface area contributed by atoms with Gasteiger partial charge in [0.25, 0.3) is 11.5 Å². The Morgan fingerprint density at radius 3 is 2.53 bits per heavy atom. The van der Waals surface area contributed by atoms with Gasteiger partial charge in [-0.1, -0.05) is 30.0 Å². The van der Waals surface area contributed by atoms with E-state index < -0.39 is 0 Å². The third kappa shape index (κ3) is 5.29. The van der Waals surface area contributed by atoms with Gasteiger partial charge in [0.1, 0.15) is 21.8 Å². The first-order chi connectivity index (χ1) is 18.3. The molecular formula is C27H30N4O5S2. The summed E-state index contributed by atoms with van der Waals surface area (Å²) in [4.78, 5) is 30.7. The van der Waals surface area contributed by atoms with Gasteiger partial charge >= 0.3 is 0 Å². The van der Waals surface area contributed by atoms with Gasteiger partial charge in [0.05, 0.1) is 32.3 Å². The summed E-state index contributed by atoms with van der Waals surface area (Å²) in [5, 5.41) is 9.75. The van der Waals surface area contributed by atoms with Gasteiger partial charge in [-0.3, -0.25) is 19.1 Å². The number of methoxy groups -OCH3 is 2. The molecule has 0 bridgehead atoms. The summed E-state index contributed by atoms with van der Waals surface area (Å²) in [7, 11) is 3.17. The van der Waals surface area contributed by atoms with Crippen LogP contribution in [0.2, 0.25) is 0 Å². The van der Waals surface area contributed by atoms with Crippen molar-refractivity contribution < 1.29 is 19.0 Å². The van der Waals surface area contributed by atoms with Crippen molar-refractivity contribution in [3.63, 3.8) is 0 Å². The minimum absolute atomic E-state index is 0.0824. The van der Waals surface area contributed by atoms with E-state index >= 15 is 0 Å². The van der Waals surface area contributed by atoms with Gasteiger partial charge in [0, 0.05) is 31.7 Å². The summed E-state index contributed by atoms with van der Waals surface area (Å²) in [6.07, 6.45) is 2.36. The van der Waals surface area contributed by atoms with E-state index in [1.807, 2.05) is 25.1 Å². The lowest BCUT2D eigenvalue weighted by atomic mass is 10.0. The predicted octanol–water partition coefficient (Wildman–Crippen LogP) is 3.35. The van der Waals surface area contributed by atoms with E-state index in [1.165, 1.54) is 11.8 Å². The number of aromatic nitrogens is 1. The van der Waals surface area contributed by atoms with Crippen LogP contribution in [-0.2, 0) is 22.5 Å². The Bertz CT molecular complexity index is 1390.